The summed E-state index contributed by atoms with van der Waals surface area (Å²) >= 11 is 1.05. The fraction of sp³-hybridized carbons (Fsp3) is 0.125. The first-order chi connectivity index (χ1) is 12.4. The second-order valence-electron chi connectivity index (χ2n) is 5.91. The molecule has 0 saturated carbocycles. The molecule has 0 radical (unpaired) electrons. The minimum Gasteiger partial charge on any atom is -0.278 e. The van der Waals surface area contributed by atoms with E-state index in [1.165, 1.54) is 6.07 Å². The minimum atomic E-state index is -4.05. The number of rotatable bonds is 5. The molecule has 11 heteroatoms. The van der Waals surface area contributed by atoms with Crippen LogP contribution < -0.4 is 4.72 Å². The van der Waals surface area contributed by atoms with Crippen molar-refractivity contribution >= 4 is 56.8 Å². The third-order valence-electron chi connectivity index (χ3n) is 3.69. The molecule has 0 aliphatic rings. The Bertz CT molecular complexity index is 1320. The third-order valence-corrected chi connectivity index (χ3v) is 8.89. The summed E-state index contributed by atoms with van der Waals surface area (Å²) in [6.07, 6.45) is 1.82. The number of anilines is 1. The normalized spacial score (nSPS) is 13.0. The average Bonchev–Trinajstić information content (AvgIpc) is 2.98. The van der Waals surface area contributed by atoms with Crippen molar-refractivity contribution in [1.82, 2.24) is 0 Å². The van der Waals surface area contributed by atoms with Gasteiger partial charge in [0.05, 0.1) is 15.5 Å². The Morgan fingerprint density at radius 2 is 1.48 bits per heavy atom. The van der Waals surface area contributed by atoms with Gasteiger partial charge in [0.1, 0.15) is 4.21 Å². The summed E-state index contributed by atoms with van der Waals surface area (Å²) in [6.45, 7) is 0. The van der Waals surface area contributed by atoms with Crippen molar-refractivity contribution in [2.75, 3.05) is 17.2 Å². The molecule has 0 unspecified atom stereocenters. The SMILES string of the molecule is CS(=O)(=O)c1ccc(NS(=O)(=O)c2cc3ccccc3s2)c(S(C)(=O)=O)c1. The number of hydrogen-bond donors (Lipinski definition) is 1. The van der Waals surface area contributed by atoms with Crippen LogP contribution in [0.1, 0.15) is 0 Å². The lowest BCUT2D eigenvalue weighted by atomic mass is 10.3. The van der Waals surface area contributed by atoms with Crippen LogP contribution in [0.5, 0.6) is 0 Å². The molecule has 0 saturated heterocycles. The van der Waals surface area contributed by atoms with Gasteiger partial charge in [-0.3, -0.25) is 4.72 Å². The summed E-state index contributed by atoms with van der Waals surface area (Å²) in [4.78, 5) is -0.622. The molecule has 0 spiro atoms. The predicted octanol–water partition coefficient (Wildman–Crippen LogP) is 2.51. The highest BCUT2D eigenvalue weighted by Gasteiger charge is 2.23. The van der Waals surface area contributed by atoms with E-state index in [9.17, 15) is 25.3 Å². The maximum atomic E-state index is 12.7. The lowest BCUT2D eigenvalue weighted by Gasteiger charge is -2.12. The molecule has 0 amide bonds. The molecule has 2 aromatic carbocycles. The van der Waals surface area contributed by atoms with Gasteiger partial charge < -0.3 is 0 Å². The summed E-state index contributed by atoms with van der Waals surface area (Å²) < 4.78 is 76.0. The quantitative estimate of drug-likeness (QED) is 0.645. The molecule has 1 aromatic heterocycles. The van der Waals surface area contributed by atoms with Crippen LogP contribution in [0.3, 0.4) is 0 Å². The summed E-state index contributed by atoms with van der Waals surface area (Å²) in [6, 6.07) is 11.9. The maximum Gasteiger partial charge on any atom is 0.271 e. The van der Waals surface area contributed by atoms with Gasteiger partial charge in [0.15, 0.2) is 19.7 Å². The second-order valence-corrected chi connectivity index (χ2v) is 12.9. The number of sulfone groups is 2. The highest BCUT2D eigenvalue weighted by molar-refractivity contribution is 7.95. The number of fused-ring (bicyclic) bond motifs is 1. The fourth-order valence-corrected chi connectivity index (χ4v) is 6.53. The van der Waals surface area contributed by atoms with E-state index in [1.54, 1.807) is 24.3 Å². The third kappa shape index (κ3) is 4.15. The highest BCUT2D eigenvalue weighted by atomic mass is 32.2. The summed E-state index contributed by atoms with van der Waals surface area (Å²) in [5.41, 5.74) is -0.206. The molecule has 144 valence electrons. The van der Waals surface area contributed by atoms with Crippen LogP contribution in [0.25, 0.3) is 10.1 Å². The minimum absolute atomic E-state index is 0.0235. The Labute approximate surface area is 161 Å². The van der Waals surface area contributed by atoms with E-state index >= 15 is 0 Å². The van der Waals surface area contributed by atoms with Crippen LogP contribution in [0, 0.1) is 0 Å². The number of benzene rings is 2. The van der Waals surface area contributed by atoms with Crippen molar-refractivity contribution in [3.05, 3.63) is 48.5 Å². The van der Waals surface area contributed by atoms with E-state index in [0.717, 1.165) is 52.1 Å². The molecular formula is C16H15NO6S4. The first kappa shape index (κ1) is 19.8. The number of hydrogen-bond acceptors (Lipinski definition) is 7. The zero-order valence-electron chi connectivity index (χ0n) is 14.2. The van der Waals surface area contributed by atoms with Gasteiger partial charge in [-0.05, 0) is 35.7 Å². The highest BCUT2D eigenvalue weighted by Crippen LogP contribution is 2.32. The molecule has 0 aliphatic heterocycles. The summed E-state index contributed by atoms with van der Waals surface area (Å²) in [7, 11) is -11.6. The van der Waals surface area contributed by atoms with Crippen LogP contribution >= 0.6 is 11.3 Å². The summed E-state index contributed by atoms with van der Waals surface area (Å²) in [5, 5.41) is 0.749. The Morgan fingerprint density at radius 3 is 2.07 bits per heavy atom. The molecule has 0 aliphatic carbocycles. The van der Waals surface area contributed by atoms with Crippen LogP contribution in [0.4, 0.5) is 5.69 Å². The molecule has 3 rings (SSSR count). The lowest BCUT2D eigenvalue weighted by Crippen LogP contribution is -2.15. The van der Waals surface area contributed by atoms with Gasteiger partial charge in [0, 0.05) is 17.2 Å². The van der Waals surface area contributed by atoms with Gasteiger partial charge >= 0.3 is 0 Å². The maximum absolute atomic E-state index is 12.7. The zero-order valence-corrected chi connectivity index (χ0v) is 17.5. The number of thiophene rings is 1. The first-order valence-electron chi connectivity index (χ1n) is 7.43. The lowest BCUT2D eigenvalue weighted by molar-refractivity contribution is 0.600. The van der Waals surface area contributed by atoms with Crippen molar-refractivity contribution in [1.29, 1.82) is 0 Å². The van der Waals surface area contributed by atoms with Crippen molar-refractivity contribution in [3.8, 4) is 0 Å². The number of sulfonamides is 1. The van der Waals surface area contributed by atoms with Crippen molar-refractivity contribution in [3.63, 3.8) is 0 Å². The van der Waals surface area contributed by atoms with Crippen molar-refractivity contribution in [2.24, 2.45) is 0 Å². The number of nitrogens with one attached hydrogen (secondary N) is 1. The first-order valence-corrected chi connectivity index (χ1v) is 13.5. The monoisotopic (exact) mass is 445 g/mol. The van der Waals surface area contributed by atoms with Crippen LogP contribution in [0.2, 0.25) is 0 Å². The van der Waals surface area contributed by atoms with Gasteiger partial charge in [-0.25, -0.2) is 25.3 Å². The zero-order chi connectivity index (χ0) is 20.0. The molecule has 3 aromatic rings. The van der Waals surface area contributed by atoms with Gasteiger partial charge in [0.25, 0.3) is 10.0 Å². The fourth-order valence-electron chi connectivity index (χ4n) is 2.41. The van der Waals surface area contributed by atoms with E-state index in [1.807, 2.05) is 0 Å². The molecular weight excluding hydrogens is 430 g/mol. The average molecular weight is 446 g/mol. The van der Waals surface area contributed by atoms with Gasteiger partial charge in [-0.1, -0.05) is 18.2 Å². The van der Waals surface area contributed by atoms with Gasteiger partial charge in [0.2, 0.25) is 0 Å². The Hall–Kier alpha value is -1.95. The molecule has 1 N–H and O–H groups in total. The Morgan fingerprint density at radius 1 is 0.815 bits per heavy atom. The molecule has 0 fully saturated rings. The Balaban J connectivity index is 2.11. The van der Waals surface area contributed by atoms with Gasteiger partial charge in [-0.15, -0.1) is 11.3 Å². The van der Waals surface area contributed by atoms with E-state index in [-0.39, 0.29) is 14.8 Å². The van der Waals surface area contributed by atoms with Crippen molar-refractivity contribution < 1.29 is 25.3 Å². The van der Waals surface area contributed by atoms with Crippen LogP contribution in [-0.2, 0) is 29.7 Å². The largest absolute Gasteiger partial charge is 0.278 e. The van der Waals surface area contributed by atoms with E-state index in [2.05, 4.69) is 4.72 Å². The van der Waals surface area contributed by atoms with E-state index < -0.39 is 34.6 Å². The van der Waals surface area contributed by atoms with Crippen molar-refractivity contribution in [2.45, 2.75) is 14.0 Å². The van der Waals surface area contributed by atoms with Crippen LogP contribution in [-0.4, -0.2) is 37.8 Å². The molecule has 0 bridgehead atoms. The summed E-state index contributed by atoms with van der Waals surface area (Å²) in [5.74, 6) is 0. The molecule has 1 heterocycles. The molecule has 0 atom stereocenters. The molecule has 27 heavy (non-hydrogen) atoms. The topological polar surface area (TPSA) is 114 Å². The Kier molecular flexibility index (Phi) is 4.83. The standard InChI is InChI=1S/C16H15NO6S4/c1-25(18,19)12-7-8-13(15(10-12)26(2,20)21)17-27(22,23)16-9-11-5-3-4-6-14(11)24-16/h3-10,17H,1-2H3. The molecule has 7 nitrogen and oxygen atoms in total. The predicted molar refractivity (Wildman–Crippen MR) is 105 cm³/mol. The van der Waals surface area contributed by atoms with E-state index in [4.69, 9.17) is 0 Å². The van der Waals surface area contributed by atoms with E-state index in [0.29, 0.717) is 0 Å². The second kappa shape index (κ2) is 6.59. The van der Waals surface area contributed by atoms with Gasteiger partial charge in [-0.2, -0.15) is 0 Å². The smallest absolute Gasteiger partial charge is 0.271 e. The van der Waals surface area contributed by atoms with Crippen LogP contribution in [0.15, 0.2) is 62.5 Å².